The predicted octanol–water partition coefficient (Wildman–Crippen LogP) is 4.46. The summed E-state index contributed by atoms with van der Waals surface area (Å²) in [6, 6.07) is 15.8. The van der Waals surface area contributed by atoms with E-state index < -0.39 is 50.1 Å². The van der Waals surface area contributed by atoms with Gasteiger partial charge in [0.25, 0.3) is 0 Å². The fraction of sp³-hybridized carbons (Fsp3) is 0.227. The van der Waals surface area contributed by atoms with Crippen LogP contribution in [0.1, 0.15) is 18.1 Å². The van der Waals surface area contributed by atoms with Crippen molar-refractivity contribution in [2.75, 3.05) is 12.9 Å². The van der Waals surface area contributed by atoms with Gasteiger partial charge in [0.15, 0.2) is 9.84 Å². The van der Waals surface area contributed by atoms with Gasteiger partial charge in [-0.1, -0.05) is 60.7 Å². The topological polar surface area (TPSA) is 76.5 Å². The van der Waals surface area contributed by atoms with E-state index in [1.807, 2.05) is 0 Å². The summed E-state index contributed by atoms with van der Waals surface area (Å²) in [5.41, 5.74) is -2.72. The van der Waals surface area contributed by atoms with Gasteiger partial charge in [0, 0.05) is 18.0 Å². The minimum atomic E-state index is -4.84. The van der Waals surface area contributed by atoms with E-state index in [9.17, 15) is 26.7 Å². The van der Waals surface area contributed by atoms with Crippen LogP contribution in [0.4, 0.5) is 13.2 Å². The van der Waals surface area contributed by atoms with Crippen molar-refractivity contribution in [2.24, 2.45) is 0 Å². The molecule has 1 N–H and O–H groups in total. The lowest BCUT2D eigenvalue weighted by Crippen LogP contribution is -2.30. The molecular weight excluding hydrogens is 431 g/mol. The monoisotopic (exact) mass is 451 g/mol. The maximum atomic E-state index is 13.7. The molecule has 0 bridgehead atoms. The molecule has 3 rings (SSSR count). The van der Waals surface area contributed by atoms with Crippen LogP contribution in [0, 0.1) is 0 Å². The van der Waals surface area contributed by atoms with Crippen LogP contribution in [0.3, 0.4) is 0 Å². The minimum Gasteiger partial charge on any atom is -0.473 e. The Balaban J connectivity index is 2.16. The number of nitrogens with zero attached hydrogens (tertiary/aromatic N) is 1. The van der Waals surface area contributed by atoms with Crippen molar-refractivity contribution in [1.29, 1.82) is 0 Å². The minimum absolute atomic E-state index is 0.0531. The van der Waals surface area contributed by atoms with Crippen molar-refractivity contribution in [3.05, 3.63) is 78.0 Å². The van der Waals surface area contributed by atoms with Gasteiger partial charge in [-0.2, -0.15) is 13.2 Å². The van der Waals surface area contributed by atoms with Gasteiger partial charge in [-0.3, -0.25) is 0 Å². The second-order valence-corrected chi connectivity index (χ2v) is 9.20. The molecule has 1 aromatic heterocycles. The highest BCUT2D eigenvalue weighted by Crippen LogP contribution is 2.43. The first-order chi connectivity index (χ1) is 14.4. The Labute approximate surface area is 178 Å². The molecule has 2 aromatic carbocycles. The smallest absolute Gasteiger partial charge is 0.418 e. The molecule has 0 aliphatic rings. The third-order valence-corrected chi connectivity index (χ3v) is 5.75. The fourth-order valence-corrected chi connectivity index (χ4v) is 4.15. The van der Waals surface area contributed by atoms with Gasteiger partial charge in [0.2, 0.25) is 5.88 Å². The van der Waals surface area contributed by atoms with Crippen molar-refractivity contribution >= 4 is 9.84 Å². The van der Waals surface area contributed by atoms with E-state index in [0.717, 1.165) is 6.26 Å². The van der Waals surface area contributed by atoms with E-state index in [0.29, 0.717) is 11.8 Å². The molecule has 0 aliphatic carbocycles. The fourth-order valence-electron chi connectivity index (χ4n) is 3.12. The van der Waals surface area contributed by atoms with Crippen LogP contribution in [-0.4, -0.2) is 31.4 Å². The van der Waals surface area contributed by atoms with E-state index >= 15 is 0 Å². The van der Waals surface area contributed by atoms with E-state index in [4.69, 9.17) is 4.74 Å². The van der Waals surface area contributed by atoms with Gasteiger partial charge in [-0.15, -0.1) is 0 Å². The molecule has 1 unspecified atom stereocenters. The summed E-state index contributed by atoms with van der Waals surface area (Å²) >= 11 is 0. The van der Waals surface area contributed by atoms with E-state index in [2.05, 4.69) is 4.98 Å². The summed E-state index contributed by atoms with van der Waals surface area (Å²) in [4.78, 5) is 2.98. The predicted molar refractivity (Wildman–Crippen MR) is 109 cm³/mol. The highest BCUT2D eigenvalue weighted by molar-refractivity contribution is 7.91. The summed E-state index contributed by atoms with van der Waals surface area (Å²) in [7, 11) is -4.20. The molecule has 0 saturated heterocycles. The van der Waals surface area contributed by atoms with E-state index in [-0.39, 0.29) is 5.56 Å². The van der Waals surface area contributed by atoms with E-state index in [1.54, 1.807) is 36.4 Å². The second kappa shape index (κ2) is 8.32. The van der Waals surface area contributed by atoms with Crippen LogP contribution in [0.5, 0.6) is 5.88 Å². The van der Waals surface area contributed by atoms with E-state index in [1.165, 1.54) is 31.2 Å². The maximum Gasteiger partial charge on any atom is 0.418 e. The Morgan fingerprint density at radius 3 is 2.06 bits per heavy atom. The number of alkyl halides is 3. The Bertz CT molecular complexity index is 1160. The molecule has 164 valence electrons. The lowest BCUT2D eigenvalue weighted by Gasteiger charge is -2.25. The third kappa shape index (κ3) is 5.05. The number of pyridine rings is 1. The number of aromatic nitrogens is 1. The molecule has 0 fully saturated rings. The average Bonchev–Trinajstić information content (AvgIpc) is 2.71. The number of aliphatic hydroxyl groups is 1. The summed E-state index contributed by atoms with van der Waals surface area (Å²) in [5, 5.41) is 10.7. The molecule has 1 atom stereocenters. The number of halogens is 3. The molecule has 5 nitrogen and oxygen atoms in total. The third-order valence-electron chi connectivity index (χ3n) is 4.63. The van der Waals surface area contributed by atoms with Crippen molar-refractivity contribution in [1.82, 2.24) is 4.98 Å². The Kier molecular flexibility index (Phi) is 6.11. The molecule has 9 heteroatoms. The first kappa shape index (κ1) is 22.8. The number of hydrogen-bond donors (Lipinski definition) is 1. The van der Waals surface area contributed by atoms with Crippen molar-refractivity contribution in [2.45, 2.75) is 23.6 Å². The number of benzene rings is 2. The maximum absolute atomic E-state index is 13.7. The molecular formula is C22H20F3NO4S. The van der Waals surface area contributed by atoms with Crippen molar-refractivity contribution in [3.8, 4) is 17.0 Å². The summed E-state index contributed by atoms with van der Waals surface area (Å²) in [6.45, 7) is 1.02. The largest absolute Gasteiger partial charge is 0.473 e. The second-order valence-electron chi connectivity index (χ2n) is 7.25. The van der Waals surface area contributed by atoms with Gasteiger partial charge >= 0.3 is 6.18 Å². The zero-order chi connectivity index (χ0) is 22.9. The highest BCUT2D eigenvalue weighted by Gasteiger charge is 2.39. The van der Waals surface area contributed by atoms with Crippen molar-refractivity contribution in [3.63, 3.8) is 0 Å². The lowest BCUT2D eigenvalue weighted by atomic mass is 9.97. The van der Waals surface area contributed by atoms with Gasteiger partial charge in [-0.25, -0.2) is 13.4 Å². The molecule has 1 heterocycles. The summed E-state index contributed by atoms with van der Waals surface area (Å²) in [5.74, 6) is -0.509. The Hall–Kier alpha value is -2.91. The average molecular weight is 451 g/mol. The Morgan fingerprint density at radius 1 is 1.00 bits per heavy atom. The summed E-state index contributed by atoms with van der Waals surface area (Å²) in [6.07, 6.45) is -3.51. The Morgan fingerprint density at radius 2 is 1.55 bits per heavy atom. The van der Waals surface area contributed by atoms with Crippen LogP contribution in [0.15, 0.2) is 71.8 Å². The first-order valence-corrected chi connectivity index (χ1v) is 11.1. The van der Waals surface area contributed by atoms with Crippen LogP contribution >= 0.6 is 0 Å². The zero-order valence-corrected chi connectivity index (χ0v) is 17.5. The van der Waals surface area contributed by atoms with Gasteiger partial charge < -0.3 is 9.84 Å². The molecule has 0 saturated carbocycles. The molecule has 31 heavy (non-hydrogen) atoms. The van der Waals surface area contributed by atoms with Crippen LogP contribution < -0.4 is 4.74 Å². The zero-order valence-electron chi connectivity index (χ0n) is 16.7. The number of rotatable bonds is 6. The molecule has 3 aromatic rings. The standard InChI is InChI=1S/C22H20F3NO4S/c1-21(27,16-11-7-4-8-12-16)14-30-20-19(31(2,28)29)18(15-9-5-3-6-10-15)17(13-26-20)22(23,24)25/h3-13,27H,14H2,1-2H3. The van der Waals surface area contributed by atoms with Gasteiger partial charge in [-0.05, 0) is 18.1 Å². The lowest BCUT2D eigenvalue weighted by molar-refractivity contribution is -0.137. The molecule has 0 radical (unpaired) electrons. The number of sulfone groups is 1. The molecule has 0 amide bonds. The summed E-state index contributed by atoms with van der Waals surface area (Å²) < 4.78 is 71.8. The normalized spacial score (nSPS) is 14.1. The quantitative estimate of drug-likeness (QED) is 0.599. The van der Waals surface area contributed by atoms with Crippen LogP contribution in [0.2, 0.25) is 0 Å². The van der Waals surface area contributed by atoms with Crippen molar-refractivity contribution < 1.29 is 31.4 Å². The number of hydrogen-bond acceptors (Lipinski definition) is 5. The number of ether oxygens (including phenoxy) is 1. The van der Waals surface area contributed by atoms with Gasteiger partial charge in [0.1, 0.15) is 17.1 Å². The van der Waals surface area contributed by atoms with Gasteiger partial charge in [0.05, 0.1) is 5.56 Å². The SMILES string of the molecule is CC(O)(COc1ncc(C(F)(F)F)c(-c2ccccc2)c1S(C)(=O)=O)c1ccccc1. The van der Waals surface area contributed by atoms with Crippen LogP contribution in [-0.2, 0) is 21.6 Å². The van der Waals surface area contributed by atoms with Crippen LogP contribution in [0.25, 0.3) is 11.1 Å². The molecule has 0 aliphatic heterocycles. The molecule has 0 spiro atoms. The highest BCUT2D eigenvalue weighted by atomic mass is 32.2. The first-order valence-electron chi connectivity index (χ1n) is 9.17.